The Kier molecular flexibility index (Phi) is 4.26. The van der Waals surface area contributed by atoms with Crippen LogP contribution in [0.15, 0.2) is 24.3 Å². The summed E-state index contributed by atoms with van der Waals surface area (Å²) in [5.74, 6) is -0.00785. The average Bonchev–Trinajstić information content (AvgIpc) is 2.28. The summed E-state index contributed by atoms with van der Waals surface area (Å²) in [6, 6.07) is 6.48. The quantitative estimate of drug-likeness (QED) is 0.530. The van der Waals surface area contributed by atoms with Crippen molar-refractivity contribution in [3.8, 4) is 0 Å². The Morgan fingerprint density at radius 1 is 1.41 bits per heavy atom. The highest BCUT2D eigenvalue weighted by Crippen LogP contribution is 2.10. The molecule has 0 fully saturated rings. The summed E-state index contributed by atoms with van der Waals surface area (Å²) in [5.41, 5.74) is 6.35. The van der Waals surface area contributed by atoms with Gasteiger partial charge in [-0.05, 0) is 45.0 Å². The molecule has 0 radical (unpaired) electrons. The van der Waals surface area contributed by atoms with E-state index in [1.165, 1.54) is 0 Å². The second-order valence-electron chi connectivity index (χ2n) is 4.89. The zero-order chi connectivity index (χ0) is 13.1. The number of rotatable bonds is 5. The number of carbonyl (C=O) groups excluding carboxylic acids is 1. The third-order valence-corrected chi connectivity index (χ3v) is 2.59. The van der Waals surface area contributed by atoms with E-state index in [0.29, 0.717) is 11.3 Å². The van der Waals surface area contributed by atoms with Crippen molar-refractivity contribution in [3.05, 3.63) is 29.8 Å². The number of Topliss-reactive ketones (excluding diaryl/α,β-unsaturated/α-hetero) is 1. The summed E-state index contributed by atoms with van der Waals surface area (Å²) in [5, 5.41) is 12.2. The first kappa shape index (κ1) is 13.7. The SMILES string of the molecule is CC(NC(C)(C)CO)C(=O)c1ccc(N)cc1. The molecule has 0 bridgehead atoms. The van der Waals surface area contributed by atoms with Crippen molar-refractivity contribution in [1.82, 2.24) is 5.32 Å². The minimum atomic E-state index is -0.469. The molecule has 4 heteroatoms. The lowest BCUT2D eigenvalue weighted by atomic mass is 10.0. The summed E-state index contributed by atoms with van der Waals surface area (Å²) < 4.78 is 0. The molecule has 4 N–H and O–H groups in total. The predicted octanol–water partition coefficient (Wildman–Crippen LogP) is 1.20. The molecule has 0 saturated heterocycles. The molecule has 0 spiro atoms. The van der Waals surface area contributed by atoms with Crippen molar-refractivity contribution in [2.75, 3.05) is 12.3 Å². The molecule has 1 aromatic rings. The summed E-state index contributed by atoms with van der Waals surface area (Å²) in [6.45, 7) is 5.46. The van der Waals surface area contributed by atoms with E-state index in [4.69, 9.17) is 10.8 Å². The summed E-state index contributed by atoms with van der Waals surface area (Å²) in [6.07, 6.45) is 0. The van der Waals surface area contributed by atoms with Gasteiger partial charge < -0.3 is 16.2 Å². The van der Waals surface area contributed by atoms with Crippen LogP contribution in [0.4, 0.5) is 5.69 Å². The topological polar surface area (TPSA) is 75.3 Å². The lowest BCUT2D eigenvalue weighted by Gasteiger charge is -2.27. The van der Waals surface area contributed by atoms with Gasteiger partial charge in [-0.2, -0.15) is 0 Å². The maximum absolute atomic E-state index is 12.1. The fraction of sp³-hybridized carbons (Fsp3) is 0.462. The number of hydrogen-bond acceptors (Lipinski definition) is 4. The van der Waals surface area contributed by atoms with Gasteiger partial charge in [-0.15, -0.1) is 0 Å². The van der Waals surface area contributed by atoms with Crippen LogP contribution in [0.2, 0.25) is 0 Å². The predicted molar refractivity (Wildman–Crippen MR) is 68.9 cm³/mol. The number of nitrogen functional groups attached to an aromatic ring is 1. The van der Waals surface area contributed by atoms with Crippen LogP contribution in [0.5, 0.6) is 0 Å². The van der Waals surface area contributed by atoms with Crippen molar-refractivity contribution >= 4 is 11.5 Å². The Morgan fingerprint density at radius 3 is 2.41 bits per heavy atom. The van der Waals surface area contributed by atoms with Crippen LogP contribution in [-0.4, -0.2) is 29.1 Å². The summed E-state index contributed by atoms with van der Waals surface area (Å²) in [7, 11) is 0. The molecule has 4 nitrogen and oxygen atoms in total. The number of benzene rings is 1. The van der Waals surface area contributed by atoms with Gasteiger partial charge in [-0.3, -0.25) is 4.79 Å². The molecule has 0 amide bonds. The van der Waals surface area contributed by atoms with Crippen molar-refractivity contribution in [1.29, 1.82) is 0 Å². The van der Waals surface area contributed by atoms with Gasteiger partial charge in [0.1, 0.15) is 0 Å². The molecule has 0 heterocycles. The Labute approximate surface area is 102 Å². The lowest BCUT2D eigenvalue weighted by Crippen LogP contribution is -2.50. The molecule has 0 aliphatic rings. The first-order valence-electron chi connectivity index (χ1n) is 5.64. The molecule has 1 atom stereocenters. The van der Waals surface area contributed by atoms with E-state index in [-0.39, 0.29) is 18.4 Å². The number of aliphatic hydroxyl groups is 1. The third-order valence-electron chi connectivity index (χ3n) is 2.59. The molecule has 0 saturated carbocycles. The normalized spacial score (nSPS) is 13.4. The van der Waals surface area contributed by atoms with Gasteiger partial charge in [0.05, 0.1) is 12.6 Å². The van der Waals surface area contributed by atoms with Gasteiger partial charge in [-0.1, -0.05) is 0 Å². The minimum absolute atomic E-state index is 0.00785. The van der Waals surface area contributed by atoms with Crippen molar-refractivity contribution < 1.29 is 9.90 Å². The van der Waals surface area contributed by atoms with Crippen LogP contribution < -0.4 is 11.1 Å². The van der Waals surface area contributed by atoms with Gasteiger partial charge in [-0.25, -0.2) is 0 Å². The van der Waals surface area contributed by atoms with Crippen LogP contribution in [0, 0.1) is 0 Å². The Hall–Kier alpha value is -1.39. The molecular weight excluding hydrogens is 216 g/mol. The van der Waals surface area contributed by atoms with E-state index in [1.807, 2.05) is 13.8 Å². The summed E-state index contributed by atoms with van der Waals surface area (Å²) in [4.78, 5) is 12.1. The molecule has 0 aliphatic carbocycles. The van der Waals surface area contributed by atoms with Gasteiger partial charge in [0, 0.05) is 16.8 Å². The van der Waals surface area contributed by atoms with Gasteiger partial charge in [0.2, 0.25) is 0 Å². The Bertz CT molecular complexity index is 385. The van der Waals surface area contributed by atoms with E-state index in [9.17, 15) is 4.79 Å². The van der Waals surface area contributed by atoms with E-state index >= 15 is 0 Å². The Morgan fingerprint density at radius 2 is 1.94 bits per heavy atom. The number of carbonyl (C=O) groups is 1. The second-order valence-corrected chi connectivity index (χ2v) is 4.89. The smallest absolute Gasteiger partial charge is 0.179 e. The van der Waals surface area contributed by atoms with E-state index in [0.717, 1.165) is 0 Å². The largest absolute Gasteiger partial charge is 0.399 e. The molecule has 94 valence electrons. The zero-order valence-corrected chi connectivity index (χ0v) is 10.5. The number of anilines is 1. The molecule has 17 heavy (non-hydrogen) atoms. The van der Waals surface area contributed by atoms with Crippen molar-refractivity contribution in [3.63, 3.8) is 0 Å². The highest BCUT2D eigenvalue weighted by Gasteiger charge is 2.23. The first-order valence-corrected chi connectivity index (χ1v) is 5.64. The first-order chi connectivity index (χ1) is 7.85. The molecule has 0 aliphatic heterocycles. The Balaban J connectivity index is 2.73. The number of nitrogens with one attached hydrogen (secondary N) is 1. The molecular formula is C13H20N2O2. The number of hydrogen-bond donors (Lipinski definition) is 3. The number of ketones is 1. The number of nitrogens with two attached hydrogens (primary N) is 1. The monoisotopic (exact) mass is 236 g/mol. The second kappa shape index (κ2) is 5.29. The van der Waals surface area contributed by atoms with E-state index in [1.54, 1.807) is 31.2 Å². The van der Waals surface area contributed by atoms with Gasteiger partial charge in [0.15, 0.2) is 5.78 Å². The number of aliphatic hydroxyl groups excluding tert-OH is 1. The average molecular weight is 236 g/mol. The van der Waals surface area contributed by atoms with Crippen LogP contribution in [0.1, 0.15) is 31.1 Å². The standard InChI is InChI=1S/C13H20N2O2/c1-9(15-13(2,3)8-16)12(17)10-4-6-11(14)7-5-10/h4-7,9,15-16H,8,14H2,1-3H3. The highest BCUT2D eigenvalue weighted by molar-refractivity contribution is 6.00. The zero-order valence-electron chi connectivity index (χ0n) is 10.5. The van der Waals surface area contributed by atoms with Crippen molar-refractivity contribution in [2.45, 2.75) is 32.4 Å². The van der Waals surface area contributed by atoms with Crippen LogP contribution in [-0.2, 0) is 0 Å². The van der Waals surface area contributed by atoms with E-state index in [2.05, 4.69) is 5.32 Å². The van der Waals surface area contributed by atoms with Gasteiger partial charge >= 0.3 is 0 Å². The van der Waals surface area contributed by atoms with Crippen LogP contribution in [0.25, 0.3) is 0 Å². The van der Waals surface area contributed by atoms with Crippen LogP contribution >= 0.6 is 0 Å². The molecule has 1 unspecified atom stereocenters. The summed E-state index contributed by atoms with van der Waals surface area (Å²) >= 11 is 0. The lowest BCUT2D eigenvalue weighted by molar-refractivity contribution is 0.0911. The van der Waals surface area contributed by atoms with E-state index < -0.39 is 5.54 Å². The maximum atomic E-state index is 12.1. The fourth-order valence-corrected chi connectivity index (χ4v) is 1.59. The third kappa shape index (κ3) is 3.84. The van der Waals surface area contributed by atoms with Crippen LogP contribution in [0.3, 0.4) is 0 Å². The molecule has 1 rings (SSSR count). The maximum Gasteiger partial charge on any atom is 0.179 e. The molecule has 1 aromatic carbocycles. The van der Waals surface area contributed by atoms with Crippen molar-refractivity contribution in [2.24, 2.45) is 0 Å². The van der Waals surface area contributed by atoms with Gasteiger partial charge in [0.25, 0.3) is 0 Å². The highest BCUT2D eigenvalue weighted by atomic mass is 16.3. The molecule has 0 aromatic heterocycles. The fourth-order valence-electron chi connectivity index (χ4n) is 1.59. The minimum Gasteiger partial charge on any atom is -0.399 e.